The molecule has 0 spiro atoms. The zero-order valence-electron chi connectivity index (χ0n) is 4.82. The molecule has 0 saturated heterocycles. The van der Waals surface area contributed by atoms with Crippen LogP contribution in [0.1, 0.15) is 19.8 Å². The fraction of sp³-hybridized carbons (Fsp3) is 1.00. The molecule has 0 amide bonds. The first-order valence-electron chi connectivity index (χ1n) is 2.59. The van der Waals surface area contributed by atoms with Crippen molar-refractivity contribution in [3.63, 3.8) is 0 Å². The number of hydrogen-bond donors (Lipinski definition) is 0. The highest BCUT2D eigenvalue weighted by molar-refractivity contribution is 7.69. The zero-order chi connectivity index (χ0) is 6.41. The van der Waals surface area contributed by atoms with Crippen molar-refractivity contribution in [1.29, 1.82) is 0 Å². The zero-order valence-corrected chi connectivity index (χ0v) is 6.57. The van der Waals surface area contributed by atoms with Crippen molar-refractivity contribution in [1.82, 2.24) is 0 Å². The first-order chi connectivity index (χ1) is 3.77. The normalized spacial score (nSPS) is 13.8. The van der Waals surface area contributed by atoms with E-state index in [2.05, 4.69) is 4.52 Å². The Kier molecular flexibility index (Phi) is 5.95. The maximum absolute atomic E-state index is 10.0. The minimum absolute atomic E-state index is 0.526. The van der Waals surface area contributed by atoms with Crippen LogP contribution in [0.15, 0.2) is 0 Å². The third kappa shape index (κ3) is 6.48. The highest BCUT2D eigenvalue weighted by atomic mass is 35.7. The molecular formula is C4H10ClO2P. The van der Waals surface area contributed by atoms with Gasteiger partial charge in [0.15, 0.2) is 0 Å². The molecule has 0 aliphatic heterocycles. The Morgan fingerprint density at radius 2 is 2.38 bits per heavy atom. The minimum atomic E-state index is -2.18. The Morgan fingerprint density at radius 1 is 1.75 bits per heavy atom. The molecule has 0 saturated carbocycles. The molecule has 0 radical (unpaired) electrons. The molecule has 50 valence electrons. The van der Waals surface area contributed by atoms with Crippen molar-refractivity contribution in [2.24, 2.45) is 0 Å². The summed E-state index contributed by atoms with van der Waals surface area (Å²) in [6, 6.07) is 0. The van der Waals surface area contributed by atoms with Crippen molar-refractivity contribution in [3.05, 3.63) is 0 Å². The molecule has 0 bridgehead atoms. The SMILES string of the molecule is CCCCO[PH](=O)Cl. The van der Waals surface area contributed by atoms with E-state index < -0.39 is 7.38 Å². The van der Waals surface area contributed by atoms with E-state index in [0.717, 1.165) is 12.8 Å². The van der Waals surface area contributed by atoms with Gasteiger partial charge in [0.25, 0.3) is 7.38 Å². The molecule has 0 aromatic heterocycles. The molecule has 1 unspecified atom stereocenters. The molecule has 0 fully saturated rings. The monoisotopic (exact) mass is 156 g/mol. The first kappa shape index (κ1) is 8.48. The van der Waals surface area contributed by atoms with Crippen LogP contribution in [0, 0.1) is 0 Å². The summed E-state index contributed by atoms with van der Waals surface area (Å²) < 4.78 is 14.6. The van der Waals surface area contributed by atoms with Gasteiger partial charge in [0.05, 0.1) is 6.61 Å². The molecule has 0 N–H and O–H groups in total. The summed E-state index contributed by atoms with van der Waals surface area (Å²) in [4.78, 5) is 0. The van der Waals surface area contributed by atoms with Gasteiger partial charge in [-0.2, -0.15) is 0 Å². The second-order valence-corrected chi connectivity index (χ2v) is 3.13. The Morgan fingerprint density at radius 3 is 2.75 bits per heavy atom. The van der Waals surface area contributed by atoms with E-state index >= 15 is 0 Å². The maximum atomic E-state index is 10.0. The molecule has 1 atom stereocenters. The fourth-order valence-corrected chi connectivity index (χ4v) is 0.833. The van der Waals surface area contributed by atoms with Crippen LogP contribution in [-0.2, 0) is 9.09 Å². The Labute approximate surface area is 54.8 Å². The Balaban J connectivity index is 2.82. The first-order valence-corrected chi connectivity index (χ1v) is 4.92. The fourth-order valence-electron chi connectivity index (χ4n) is 0.297. The Hall–Kier alpha value is 0.480. The van der Waals surface area contributed by atoms with Gasteiger partial charge >= 0.3 is 0 Å². The molecule has 0 aromatic rings. The van der Waals surface area contributed by atoms with Gasteiger partial charge in [0.2, 0.25) is 0 Å². The molecule has 8 heavy (non-hydrogen) atoms. The van der Waals surface area contributed by atoms with Crippen LogP contribution >= 0.6 is 18.6 Å². The third-order valence-electron chi connectivity index (χ3n) is 0.713. The quantitative estimate of drug-likeness (QED) is 0.462. The molecular weight excluding hydrogens is 146 g/mol. The van der Waals surface area contributed by atoms with Gasteiger partial charge in [0.1, 0.15) is 0 Å². The summed E-state index contributed by atoms with van der Waals surface area (Å²) in [6.07, 6.45) is 1.98. The van der Waals surface area contributed by atoms with Crippen LogP contribution < -0.4 is 0 Å². The summed E-state index contributed by atoms with van der Waals surface area (Å²) in [6.45, 7) is 2.56. The van der Waals surface area contributed by atoms with E-state index in [1.54, 1.807) is 0 Å². The second-order valence-electron chi connectivity index (χ2n) is 1.44. The predicted octanol–water partition coefficient (Wildman–Crippen LogP) is 2.43. The van der Waals surface area contributed by atoms with E-state index in [-0.39, 0.29) is 0 Å². The number of unbranched alkanes of at least 4 members (excludes halogenated alkanes) is 1. The molecule has 0 aromatic carbocycles. The highest BCUT2D eigenvalue weighted by Crippen LogP contribution is 2.27. The smallest absolute Gasteiger partial charge is 0.278 e. The van der Waals surface area contributed by atoms with Gasteiger partial charge in [-0.05, 0) is 17.7 Å². The van der Waals surface area contributed by atoms with Gasteiger partial charge in [-0.1, -0.05) is 13.3 Å². The summed E-state index contributed by atoms with van der Waals surface area (Å²) in [7, 11) is -2.18. The minimum Gasteiger partial charge on any atom is -0.320 e. The van der Waals surface area contributed by atoms with E-state index in [1.807, 2.05) is 6.92 Å². The van der Waals surface area contributed by atoms with Gasteiger partial charge < -0.3 is 4.52 Å². The lowest BCUT2D eigenvalue weighted by Crippen LogP contribution is -1.81. The highest BCUT2D eigenvalue weighted by Gasteiger charge is 1.88. The standard InChI is InChI=1S/C4H10ClO2P/c1-2-3-4-7-8(5)6/h8H,2-4H2,1H3. The molecule has 0 heterocycles. The molecule has 2 nitrogen and oxygen atoms in total. The summed E-state index contributed by atoms with van der Waals surface area (Å²) in [5, 5.41) is 0. The number of hydrogen-bond acceptors (Lipinski definition) is 2. The van der Waals surface area contributed by atoms with Gasteiger partial charge in [-0.25, -0.2) is 0 Å². The molecule has 0 aliphatic rings. The maximum Gasteiger partial charge on any atom is 0.278 e. The largest absolute Gasteiger partial charge is 0.320 e. The van der Waals surface area contributed by atoms with Crippen LogP contribution in [0.2, 0.25) is 0 Å². The van der Waals surface area contributed by atoms with Crippen LogP contribution in [0.25, 0.3) is 0 Å². The second kappa shape index (κ2) is 5.61. The van der Waals surface area contributed by atoms with E-state index in [1.165, 1.54) is 0 Å². The number of halogens is 1. The van der Waals surface area contributed by atoms with Crippen LogP contribution in [0.5, 0.6) is 0 Å². The predicted molar refractivity (Wildman–Crippen MR) is 35.7 cm³/mol. The number of rotatable bonds is 4. The van der Waals surface area contributed by atoms with Crippen molar-refractivity contribution in [2.45, 2.75) is 19.8 Å². The average molecular weight is 157 g/mol. The van der Waals surface area contributed by atoms with E-state index in [9.17, 15) is 4.57 Å². The summed E-state index contributed by atoms with van der Waals surface area (Å²) >= 11 is 5.04. The van der Waals surface area contributed by atoms with Crippen molar-refractivity contribution < 1.29 is 9.09 Å². The van der Waals surface area contributed by atoms with Crippen molar-refractivity contribution >= 4 is 18.6 Å². The van der Waals surface area contributed by atoms with Crippen LogP contribution in [0.3, 0.4) is 0 Å². The van der Waals surface area contributed by atoms with Crippen molar-refractivity contribution in [2.75, 3.05) is 6.61 Å². The molecule has 0 aliphatic carbocycles. The van der Waals surface area contributed by atoms with Gasteiger partial charge in [0, 0.05) is 0 Å². The molecule has 4 heteroatoms. The van der Waals surface area contributed by atoms with Gasteiger partial charge in [-0.3, -0.25) is 4.57 Å². The van der Waals surface area contributed by atoms with E-state index in [4.69, 9.17) is 11.2 Å². The van der Waals surface area contributed by atoms with Gasteiger partial charge in [-0.15, -0.1) is 0 Å². The summed E-state index contributed by atoms with van der Waals surface area (Å²) in [5.74, 6) is 0. The van der Waals surface area contributed by atoms with Crippen LogP contribution in [0.4, 0.5) is 0 Å². The van der Waals surface area contributed by atoms with E-state index in [0.29, 0.717) is 6.61 Å². The lowest BCUT2D eigenvalue weighted by molar-refractivity contribution is 0.330. The Bertz CT molecular complexity index is 76.4. The average Bonchev–Trinajstić information content (AvgIpc) is 1.66. The topological polar surface area (TPSA) is 26.3 Å². The molecule has 0 rings (SSSR count). The third-order valence-corrected chi connectivity index (χ3v) is 1.47. The lowest BCUT2D eigenvalue weighted by atomic mass is 10.4. The van der Waals surface area contributed by atoms with Crippen molar-refractivity contribution in [3.8, 4) is 0 Å². The summed E-state index contributed by atoms with van der Waals surface area (Å²) in [5.41, 5.74) is 0. The van der Waals surface area contributed by atoms with Crippen LogP contribution in [-0.4, -0.2) is 6.61 Å². The lowest BCUT2D eigenvalue weighted by Gasteiger charge is -1.93.